The minimum atomic E-state index is 0.198. The van der Waals surface area contributed by atoms with Crippen LogP contribution in [0.1, 0.15) is 37.5 Å². The molecule has 25 heavy (non-hydrogen) atoms. The van der Waals surface area contributed by atoms with Gasteiger partial charge in [-0.25, -0.2) is 0 Å². The summed E-state index contributed by atoms with van der Waals surface area (Å²) in [5.41, 5.74) is 6.17. The van der Waals surface area contributed by atoms with Crippen molar-refractivity contribution < 1.29 is 0 Å². The number of anilines is 2. The van der Waals surface area contributed by atoms with Crippen LogP contribution in [0.25, 0.3) is 12.2 Å². The van der Waals surface area contributed by atoms with E-state index in [1.807, 2.05) is 18.2 Å². The first-order valence-corrected chi connectivity index (χ1v) is 8.71. The van der Waals surface area contributed by atoms with Gasteiger partial charge in [-0.05, 0) is 46.4 Å². The SMILES string of the molecule is CC(C)(C)c1ccc(/C=C/c2ccc(Nc3ccccc3)cc2)cc1. The van der Waals surface area contributed by atoms with Gasteiger partial charge in [-0.2, -0.15) is 0 Å². The van der Waals surface area contributed by atoms with E-state index >= 15 is 0 Å². The highest BCUT2D eigenvalue weighted by Crippen LogP contribution is 2.23. The average molecular weight is 327 g/mol. The van der Waals surface area contributed by atoms with Gasteiger partial charge in [0.1, 0.15) is 0 Å². The molecule has 0 fully saturated rings. The molecular weight excluding hydrogens is 302 g/mol. The van der Waals surface area contributed by atoms with Gasteiger partial charge in [0.2, 0.25) is 0 Å². The molecule has 0 radical (unpaired) electrons. The van der Waals surface area contributed by atoms with Crippen molar-refractivity contribution in [2.24, 2.45) is 0 Å². The molecule has 1 heteroatoms. The van der Waals surface area contributed by atoms with Gasteiger partial charge >= 0.3 is 0 Å². The average Bonchev–Trinajstić information content (AvgIpc) is 2.62. The number of rotatable bonds is 4. The second-order valence-corrected chi connectivity index (χ2v) is 7.32. The summed E-state index contributed by atoms with van der Waals surface area (Å²) in [5.74, 6) is 0. The summed E-state index contributed by atoms with van der Waals surface area (Å²) in [7, 11) is 0. The van der Waals surface area contributed by atoms with E-state index in [2.05, 4.69) is 98.9 Å². The lowest BCUT2D eigenvalue weighted by atomic mass is 9.87. The van der Waals surface area contributed by atoms with Crippen LogP contribution in [0, 0.1) is 0 Å². The molecule has 0 saturated heterocycles. The molecule has 0 spiro atoms. The van der Waals surface area contributed by atoms with Crippen molar-refractivity contribution in [2.75, 3.05) is 5.32 Å². The van der Waals surface area contributed by atoms with Crippen LogP contribution in [0.2, 0.25) is 0 Å². The van der Waals surface area contributed by atoms with E-state index in [0.29, 0.717) is 0 Å². The van der Waals surface area contributed by atoms with Gasteiger partial charge < -0.3 is 5.32 Å². The first kappa shape index (κ1) is 17.0. The van der Waals surface area contributed by atoms with Gasteiger partial charge in [0.25, 0.3) is 0 Å². The zero-order valence-electron chi connectivity index (χ0n) is 15.2. The molecule has 0 aromatic heterocycles. The Labute approximate surface area is 151 Å². The summed E-state index contributed by atoms with van der Waals surface area (Å²) in [4.78, 5) is 0. The standard InChI is InChI=1S/C24H25N/c1-24(2,3)21-15-11-19(12-16-21)9-10-20-13-17-23(18-14-20)25-22-7-5-4-6-8-22/h4-18,25H,1-3H3/b10-9+. The Bertz CT molecular complexity index is 820. The van der Waals surface area contributed by atoms with Gasteiger partial charge in [0, 0.05) is 11.4 Å². The predicted molar refractivity (Wildman–Crippen MR) is 110 cm³/mol. The summed E-state index contributed by atoms with van der Waals surface area (Å²) in [5, 5.41) is 3.40. The van der Waals surface area contributed by atoms with Crippen LogP contribution >= 0.6 is 0 Å². The Morgan fingerprint density at radius 1 is 0.600 bits per heavy atom. The molecular formula is C24H25N. The van der Waals surface area contributed by atoms with Gasteiger partial charge in [0.15, 0.2) is 0 Å². The Balaban J connectivity index is 1.66. The van der Waals surface area contributed by atoms with Crippen molar-refractivity contribution in [2.45, 2.75) is 26.2 Å². The van der Waals surface area contributed by atoms with Crippen LogP contribution in [0.3, 0.4) is 0 Å². The molecule has 1 N–H and O–H groups in total. The maximum atomic E-state index is 3.40. The Hall–Kier alpha value is -2.80. The molecule has 0 amide bonds. The van der Waals surface area contributed by atoms with Crippen LogP contribution in [0.5, 0.6) is 0 Å². The molecule has 0 aliphatic carbocycles. The predicted octanol–water partition coefficient (Wildman–Crippen LogP) is 6.90. The van der Waals surface area contributed by atoms with E-state index in [9.17, 15) is 0 Å². The highest BCUT2D eigenvalue weighted by Gasteiger charge is 2.12. The molecule has 0 heterocycles. The second kappa shape index (κ2) is 7.40. The Kier molecular flexibility index (Phi) is 5.04. The maximum absolute atomic E-state index is 3.40. The summed E-state index contributed by atoms with van der Waals surface area (Å²) in [6.07, 6.45) is 4.31. The number of hydrogen-bond donors (Lipinski definition) is 1. The van der Waals surface area contributed by atoms with Gasteiger partial charge in [-0.15, -0.1) is 0 Å². The highest BCUT2D eigenvalue weighted by atomic mass is 14.9. The van der Waals surface area contributed by atoms with Crippen LogP contribution in [-0.2, 0) is 5.41 Å². The Morgan fingerprint density at radius 2 is 1.08 bits per heavy atom. The Morgan fingerprint density at radius 3 is 1.60 bits per heavy atom. The van der Waals surface area contributed by atoms with Crippen molar-refractivity contribution in [3.05, 3.63) is 95.6 Å². The van der Waals surface area contributed by atoms with Crippen LogP contribution < -0.4 is 5.32 Å². The molecule has 0 atom stereocenters. The van der Waals surface area contributed by atoms with Gasteiger partial charge in [0.05, 0.1) is 0 Å². The van der Waals surface area contributed by atoms with Crippen molar-refractivity contribution in [1.29, 1.82) is 0 Å². The third-order valence-electron chi connectivity index (χ3n) is 4.22. The number of benzene rings is 3. The van der Waals surface area contributed by atoms with E-state index in [1.54, 1.807) is 0 Å². The van der Waals surface area contributed by atoms with E-state index in [4.69, 9.17) is 0 Å². The fourth-order valence-corrected chi connectivity index (χ4v) is 2.65. The quantitative estimate of drug-likeness (QED) is 0.514. The summed E-state index contributed by atoms with van der Waals surface area (Å²) >= 11 is 0. The fourth-order valence-electron chi connectivity index (χ4n) is 2.65. The van der Waals surface area contributed by atoms with Gasteiger partial charge in [-0.1, -0.05) is 87.5 Å². The number of nitrogens with one attached hydrogen (secondary N) is 1. The zero-order valence-corrected chi connectivity index (χ0v) is 15.2. The van der Waals surface area contributed by atoms with E-state index in [1.165, 1.54) is 16.7 Å². The van der Waals surface area contributed by atoms with Crippen molar-refractivity contribution >= 4 is 23.5 Å². The molecule has 0 aliphatic heterocycles. The minimum absolute atomic E-state index is 0.198. The van der Waals surface area contributed by atoms with Crippen LogP contribution in [-0.4, -0.2) is 0 Å². The van der Waals surface area contributed by atoms with Crippen LogP contribution in [0.4, 0.5) is 11.4 Å². The highest BCUT2D eigenvalue weighted by molar-refractivity contribution is 5.71. The molecule has 0 aliphatic rings. The molecule has 3 rings (SSSR count). The fraction of sp³-hybridized carbons (Fsp3) is 0.167. The maximum Gasteiger partial charge on any atom is 0.0384 e. The number of hydrogen-bond acceptors (Lipinski definition) is 1. The topological polar surface area (TPSA) is 12.0 Å². The van der Waals surface area contributed by atoms with Crippen molar-refractivity contribution in [3.8, 4) is 0 Å². The van der Waals surface area contributed by atoms with Crippen molar-refractivity contribution in [3.63, 3.8) is 0 Å². The third kappa shape index (κ3) is 4.84. The lowest BCUT2D eigenvalue weighted by molar-refractivity contribution is 0.590. The normalized spacial score (nSPS) is 11.6. The summed E-state index contributed by atoms with van der Waals surface area (Å²) in [6, 6.07) is 27.5. The number of para-hydroxylation sites is 1. The monoisotopic (exact) mass is 327 g/mol. The molecule has 126 valence electrons. The molecule has 0 saturated carbocycles. The summed E-state index contributed by atoms with van der Waals surface area (Å²) in [6.45, 7) is 6.72. The molecule has 3 aromatic carbocycles. The van der Waals surface area contributed by atoms with Gasteiger partial charge in [-0.3, -0.25) is 0 Å². The lowest BCUT2D eigenvalue weighted by Crippen LogP contribution is -2.10. The van der Waals surface area contributed by atoms with E-state index in [-0.39, 0.29) is 5.41 Å². The largest absolute Gasteiger partial charge is 0.356 e. The van der Waals surface area contributed by atoms with Crippen molar-refractivity contribution in [1.82, 2.24) is 0 Å². The molecule has 3 aromatic rings. The molecule has 1 nitrogen and oxygen atoms in total. The van der Waals surface area contributed by atoms with Crippen LogP contribution in [0.15, 0.2) is 78.9 Å². The molecule has 0 unspecified atom stereocenters. The summed E-state index contributed by atoms with van der Waals surface area (Å²) < 4.78 is 0. The van der Waals surface area contributed by atoms with E-state index in [0.717, 1.165) is 11.4 Å². The van der Waals surface area contributed by atoms with E-state index < -0.39 is 0 Å². The zero-order chi connectivity index (χ0) is 17.7. The smallest absolute Gasteiger partial charge is 0.0384 e. The minimum Gasteiger partial charge on any atom is -0.356 e. The third-order valence-corrected chi connectivity index (χ3v) is 4.22. The lowest BCUT2D eigenvalue weighted by Gasteiger charge is -2.18. The molecule has 0 bridgehead atoms. The second-order valence-electron chi connectivity index (χ2n) is 7.32. The first-order valence-electron chi connectivity index (χ1n) is 8.71. The first-order chi connectivity index (χ1) is 12.0.